The van der Waals surface area contributed by atoms with Crippen LogP contribution in [0.2, 0.25) is 0 Å². The van der Waals surface area contributed by atoms with Gasteiger partial charge >= 0.3 is 0 Å². The van der Waals surface area contributed by atoms with Crippen molar-refractivity contribution in [3.63, 3.8) is 0 Å². The number of hydrogen-bond donors (Lipinski definition) is 0. The Kier molecular flexibility index (Phi) is 6.84. The van der Waals surface area contributed by atoms with E-state index in [0.717, 1.165) is 22.7 Å². The maximum absolute atomic E-state index is 6.52. The van der Waals surface area contributed by atoms with Crippen molar-refractivity contribution < 1.29 is 9.47 Å². The van der Waals surface area contributed by atoms with Crippen LogP contribution in [0.1, 0.15) is 13.8 Å². The molecule has 4 aromatic rings. The van der Waals surface area contributed by atoms with Crippen molar-refractivity contribution in [1.82, 2.24) is 0 Å². The number of para-hydroxylation sites is 4. The summed E-state index contributed by atoms with van der Waals surface area (Å²) in [5, 5.41) is 0. The fraction of sp³-hybridized carbons (Fsp3) is 0.226. The summed E-state index contributed by atoms with van der Waals surface area (Å²) in [6, 6.07) is 41.9. The van der Waals surface area contributed by atoms with Crippen molar-refractivity contribution in [2.24, 2.45) is 0 Å². The Morgan fingerprint density at radius 1 is 0.486 bits per heavy atom. The quantitative estimate of drug-likeness (QED) is 0.276. The summed E-state index contributed by atoms with van der Waals surface area (Å²) in [5.41, 5.74) is 4.53. The van der Waals surface area contributed by atoms with Crippen LogP contribution in [-0.4, -0.2) is 31.1 Å². The zero-order valence-corrected chi connectivity index (χ0v) is 20.3. The van der Waals surface area contributed by atoms with Gasteiger partial charge < -0.3 is 19.3 Å². The lowest BCUT2D eigenvalue weighted by molar-refractivity contribution is -0.144. The Balaban J connectivity index is 1.46. The molecule has 0 aliphatic carbocycles. The SMILES string of the molecule is CC1(C)O[C@@H](CN(c2ccccc2)c2ccccc2)[C@H](CN(c2ccccc2)c2ccccc2)O1. The Morgan fingerprint density at radius 2 is 0.743 bits per heavy atom. The molecule has 1 fully saturated rings. The first kappa shape index (κ1) is 23.2. The van der Waals surface area contributed by atoms with Crippen molar-refractivity contribution in [1.29, 1.82) is 0 Å². The molecule has 5 rings (SSSR count). The second-order valence-electron chi connectivity index (χ2n) is 9.28. The van der Waals surface area contributed by atoms with Crippen LogP contribution in [0.5, 0.6) is 0 Å². The lowest BCUT2D eigenvalue weighted by atomic mass is 10.1. The summed E-state index contributed by atoms with van der Waals surface area (Å²) >= 11 is 0. The number of benzene rings is 4. The molecule has 4 aromatic carbocycles. The molecule has 178 valence electrons. The van der Waals surface area contributed by atoms with E-state index in [1.165, 1.54) is 0 Å². The van der Waals surface area contributed by atoms with Crippen LogP contribution >= 0.6 is 0 Å². The van der Waals surface area contributed by atoms with Crippen molar-refractivity contribution in [3.8, 4) is 0 Å². The molecule has 0 aromatic heterocycles. The molecule has 0 N–H and O–H groups in total. The van der Waals surface area contributed by atoms with E-state index in [-0.39, 0.29) is 12.2 Å². The summed E-state index contributed by atoms with van der Waals surface area (Å²) < 4.78 is 13.0. The van der Waals surface area contributed by atoms with E-state index in [1.807, 2.05) is 38.1 Å². The zero-order valence-electron chi connectivity index (χ0n) is 20.3. The maximum atomic E-state index is 6.52. The highest BCUT2D eigenvalue weighted by Gasteiger charge is 2.43. The average molecular weight is 465 g/mol. The summed E-state index contributed by atoms with van der Waals surface area (Å²) in [7, 11) is 0. The first-order chi connectivity index (χ1) is 17.1. The smallest absolute Gasteiger partial charge is 0.163 e. The topological polar surface area (TPSA) is 24.9 Å². The van der Waals surface area contributed by atoms with Crippen LogP contribution < -0.4 is 9.80 Å². The molecule has 1 heterocycles. The van der Waals surface area contributed by atoms with Gasteiger partial charge in [0.2, 0.25) is 0 Å². The van der Waals surface area contributed by atoms with Gasteiger partial charge in [0.05, 0.1) is 13.1 Å². The second kappa shape index (κ2) is 10.3. The zero-order chi connectivity index (χ0) is 24.1. The minimum atomic E-state index is -0.659. The third-order valence-corrected chi connectivity index (χ3v) is 6.28. The lowest BCUT2D eigenvalue weighted by Gasteiger charge is -2.32. The van der Waals surface area contributed by atoms with Crippen molar-refractivity contribution >= 4 is 22.7 Å². The average Bonchev–Trinajstić information content (AvgIpc) is 3.20. The van der Waals surface area contributed by atoms with E-state index in [9.17, 15) is 0 Å². The summed E-state index contributed by atoms with van der Waals surface area (Å²) in [6.45, 7) is 5.37. The number of anilines is 4. The van der Waals surface area contributed by atoms with Gasteiger partial charge in [0.15, 0.2) is 5.79 Å². The fourth-order valence-electron chi connectivity index (χ4n) is 4.73. The Hall–Kier alpha value is -3.60. The van der Waals surface area contributed by atoms with Crippen LogP contribution in [0.15, 0.2) is 121 Å². The molecule has 0 spiro atoms. The maximum Gasteiger partial charge on any atom is 0.163 e. The van der Waals surface area contributed by atoms with E-state index in [1.54, 1.807) is 0 Å². The van der Waals surface area contributed by atoms with Gasteiger partial charge in [-0.2, -0.15) is 0 Å². The van der Waals surface area contributed by atoms with Crippen molar-refractivity contribution in [2.75, 3.05) is 22.9 Å². The molecule has 1 aliphatic rings. The summed E-state index contributed by atoms with van der Waals surface area (Å²) in [5.74, 6) is -0.659. The molecule has 0 saturated carbocycles. The standard InChI is InChI=1S/C31H32N2O2/c1-31(2)34-29(23-32(25-15-7-3-8-16-25)26-17-9-4-10-18-26)30(35-31)24-33(27-19-11-5-12-20-27)28-21-13-6-14-22-28/h3-22,29-30H,23-24H2,1-2H3/t29-,30-/m0/s1. The van der Waals surface area contributed by atoms with E-state index < -0.39 is 5.79 Å². The molecule has 0 bridgehead atoms. The van der Waals surface area contributed by atoms with Crippen LogP contribution in [-0.2, 0) is 9.47 Å². The fourth-order valence-corrected chi connectivity index (χ4v) is 4.73. The highest BCUT2D eigenvalue weighted by Crippen LogP contribution is 2.35. The van der Waals surface area contributed by atoms with E-state index >= 15 is 0 Å². The van der Waals surface area contributed by atoms with Gasteiger partial charge in [0.25, 0.3) is 0 Å². The molecule has 0 unspecified atom stereocenters. The second-order valence-corrected chi connectivity index (χ2v) is 9.28. The molecule has 1 aliphatic heterocycles. The minimum Gasteiger partial charge on any atom is -0.343 e. The first-order valence-electron chi connectivity index (χ1n) is 12.2. The van der Waals surface area contributed by atoms with Gasteiger partial charge in [-0.25, -0.2) is 0 Å². The number of hydrogen-bond acceptors (Lipinski definition) is 4. The predicted molar refractivity (Wildman–Crippen MR) is 144 cm³/mol. The molecule has 1 saturated heterocycles. The van der Waals surface area contributed by atoms with Gasteiger partial charge in [0.1, 0.15) is 12.2 Å². The van der Waals surface area contributed by atoms with E-state index in [2.05, 4.69) is 107 Å². The third-order valence-electron chi connectivity index (χ3n) is 6.28. The molecule has 4 nitrogen and oxygen atoms in total. The van der Waals surface area contributed by atoms with E-state index in [4.69, 9.17) is 9.47 Å². The van der Waals surface area contributed by atoms with Crippen molar-refractivity contribution in [2.45, 2.75) is 31.8 Å². The first-order valence-corrected chi connectivity index (χ1v) is 12.2. The lowest BCUT2D eigenvalue weighted by Crippen LogP contribution is -2.41. The van der Waals surface area contributed by atoms with Crippen molar-refractivity contribution in [3.05, 3.63) is 121 Å². The highest BCUT2D eigenvalue weighted by molar-refractivity contribution is 5.64. The van der Waals surface area contributed by atoms with Gasteiger partial charge in [-0.15, -0.1) is 0 Å². The summed E-state index contributed by atoms with van der Waals surface area (Å²) in [6.07, 6.45) is -0.249. The Morgan fingerprint density at radius 3 is 1.00 bits per heavy atom. The van der Waals surface area contributed by atoms with Gasteiger partial charge in [0, 0.05) is 22.7 Å². The highest BCUT2D eigenvalue weighted by atomic mass is 16.8. The number of nitrogens with zero attached hydrogens (tertiary/aromatic N) is 2. The van der Waals surface area contributed by atoms with Gasteiger partial charge in [-0.05, 0) is 62.4 Å². The van der Waals surface area contributed by atoms with Crippen LogP contribution in [0.4, 0.5) is 22.7 Å². The van der Waals surface area contributed by atoms with Crippen LogP contribution in [0.3, 0.4) is 0 Å². The Bertz CT molecular complexity index is 1010. The predicted octanol–water partition coefficient (Wildman–Crippen LogP) is 7.18. The van der Waals surface area contributed by atoms with Gasteiger partial charge in [-0.3, -0.25) is 0 Å². The Labute approximate surface area is 208 Å². The summed E-state index contributed by atoms with van der Waals surface area (Å²) in [4.78, 5) is 4.63. The molecule has 0 radical (unpaired) electrons. The van der Waals surface area contributed by atoms with E-state index in [0.29, 0.717) is 13.1 Å². The molecular formula is C31H32N2O2. The molecule has 2 atom stereocenters. The monoisotopic (exact) mass is 464 g/mol. The number of ether oxygens (including phenoxy) is 2. The molecular weight excluding hydrogens is 432 g/mol. The van der Waals surface area contributed by atoms with Crippen LogP contribution in [0, 0.1) is 0 Å². The minimum absolute atomic E-state index is 0.125. The molecule has 35 heavy (non-hydrogen) atoms. The molecule has 4 heteroatoms. The number of rotatable bonds is 8. The van der Waals surface area contributed by atoms with Gasteiger partial charge in [-0.1, -0.05) is 72.8 Å². The normalized spacial score (nSPS) is 18.8. The van der Waals surface area contributed by atoms with Crippen LogP contribution in [0.25, 0.3) is 0 Å². The largest absolute Gasteiger partial charge is 0.343 e. The molecule has 0 amide bonds. The third kappa shape index (κ3) is 5.56.